The summed E-state index contributed by atoms with van der Waals surface area (Å²) in [5.41, 5.74) is 1.29. The van der Waals surface area contributed by atoms with E-state index in [1.807, 2.05) is 44.2 Å². The molecule has 154 valence electrons. The Morgan fingerprint density at radius 3 is 2.28 bits per heavy atom. The van der Waals surface area contributed by atoms with Crippen molar-refractivity contribution in [3.8, 4) is 0 Å². The fourth-order valence-corrected chi connectivity index (χ4v) is 3.08. The molecule has 0 aliphatic rings. The summed E-state index contributed by atoms with van der Waals surface area (Å²) < 4.78 is 0. The third kappa shape index (κ3) is 6.41. The number of rotatable bonds is 9. The Bertz CT molecular complexity index is 852. The molecule has 29 heavy (non-hydrogen) atoms. The van der Waals surface area contributed by atoms with Crippen molar-refractivity contribution in [2.75, 3.05) is 6.54 Å². The molecule has 0 unspecified atom stereocenters. The van der Waals surface area contributed by atoms with E-state index in [2.05, 4.69) is 5.32 Å². The molecule has 2 aromatic rings. The highest BCUT2D eigenvalue weighted by molar-refractivity contribution is 5.88. The molecule has 0 heterocycles. The number of nitrogens with zero attached hydrogens (tertiary/aromatic N) is 2. The van der Waals surface area contributed by atoms with Crippen LogP contribution in [0.3, 0.4) is 0 Å². The first-order chi connectivity index (χ1) is 13.8. The van der Waals surface area contributed by atoms with Crippen LogP contribution in [0, 0.1) is 10.1 Å². The number of carbonyl (C=O) groups excluding carboxylic acids is 2. The minimum Gasteiger partial charge on any atom is -0.352 e. The van der Waals surface area contributed by atoms with Gasteiger partial charge in [-0.05, 0) is 32.8 Å². The second-order valence-electron chi connectivity index (χ2n) is 7.22. The number of benzene rings is 2. The molecule has 7 heteroatoms. The maximum absolute atomic E-state index is 13.1. The topological polar surface area (TPSA) is 92.6 Å². The predicted molar refractivity (Wildman–Crippen MR) is 111 cm³/mol. The van der Waals surface area contributed by atoms with Gasteiger partial charge in [-0.25, -0.2) is 0 Å². The first-order valence-electron chi connectivity index (χ1n) is 9.65. The molecule has 0 aliphatic carbocycles. The summed E-state index contributed by atoms with van der Waals surface area (Å²) in [5, 5.41) is 14.1. The molecule has 7 nitrogen and oxygen atoms in total. The van der Waals surface area contributed by atoms with E-state index in [0.717, 1.165) is 5.56 Å². The van der Waals surface area contributed by atoms with Crippen LogP contribution in [0.1, 0.15) is 31.9 Å². The molecule has 0 aromatic heterocycles. The van der Waals surface area contributed by atoms with Crippen LogP contribution in [0.2, 0.25) is 0 Å². The van der Waals surface area contributed by atoms with Crippen LogP contribution in [-0.2, 0) is 22.4 Å². The zero-order chi connectivity index (χ0) is 21.4. The molecule has 2 rings (SSSR count). The van der Waals surface area contributed by atoms with Gasteiger partial charge in [0.2, 0.25) is 11.8 Å². The number of amides is 2. The molecule has 0 saturated carbocycles. The van der Waals surface area contributed by atoms with Crippen LogP contribution in [0.5, 0.6) is 0 Å². The van der Waals surface area contributed by atoms with E-state index in [1.54, 1.807) is 25.1 Å². The summed E-state index contributed by atoms with van der Waals surface area (Å²) in [6.07, 6.45) is 0.452. The third-order valence-corrected chi connectivity index (χ3v) is 4.61. The van der Waals surface area contributed by atoms with E-state index in [0.29, 0.717) is 18.5 Å². The number of hydrogen-bond acceptors (Lipinski definition) is 4. The van der Waals surface area contributed by atoms with E-state index in [1.165, 1.54) is 11.0 Å². The Kier molecular flexibility index (Phi) is 7.88. The summed E-state index contributed by atoms with van der Waals surface area (Å²) in [4.78, 5) is 37.9. The van der Waals surface area contributed by atoms with Gasteiger partial charge >= 0.3 is 0 Å². The number of nitro groups is 1. The zero-order valence-corrected chi connectivity index (χ0v) is 17.0. The number of carbonyl (C=O) groups is 2. The lowest BCUT2D eigenvalue weighted by Crippen LogP contribution is -2.50. The molecule has 0 saturated heterocycles. The SMILES string of the molecule is CC(C)NC(=O)[C@H](C)N(CCc1ccccc1)C(=O)Cc1ccccc1[N+](=O)[O-]. The van der Waals surface area contributed by atoms with Gasteiger partial charge in [0.05, 0.1) is 11.3 Å². The number of hydrogen-bond donors (Lipinski definition) is 1. The molecule has 1 N–H and O–H groups in total. The van der Waals surface area contributed by atoms with Crippen LogP contribution in [0.15, 0.2) is 54.6 Å². The second kappa shape index (κ2) is 10.4. The van der Waals surface area contributed by atoms with Gasteiger partial charge < -0.3 is 10.2 Å². The fraction of sp³-hybridized carbons (Fsp3) is 0.364. The monoisotopic (exact) mass is 397 g/mol. The molecule has 0 radical (unpaired) electrons. The van der Waals surface area contributed by atoms with Gasteiger partial charge in [0.25, 0.3) is 5.69 Å². The first-order valence-corrected chi connectivity index (χ1v) is 9.65. The largest absolute Gasteiger partial charge is 0.352 e. The summed E-state index contributed by atoms with van der Waals surface area (Å²) in [7, 11) is 0. The van der Waals surface area contributed by atoms with E-state index in [9.17, 15) is 19.7 Å². The maximum Gasteiger partial charge on any atom is 0.273 e. The van der Waals surface area contributed by atoms with E-state index in [-0.39, 0.29) is 30.0 Å². The lowest BCUT2D eigenvalue weighted by molar-refractivity contribution is -0.385. The molecule has 1 atom stereocenters. The minimum absolute atomic E-state index is 0.0498. The average Bonchev–Trinajstić information content (AvgIpc) is 2.68. The Balaban J connectivity index is 2.22. The van der Waals surface area contributed by atoms with E-state index in [4.69, 9.17) is 0 Å². The summed E-state index contributed by atoms with van der Waals surface area (Å²) >= 11 is 0. The predicted octanol–water partition coefficient (Wildman–Crippen LogP) is 3.12. The van der Waals surface area contributed by atoms with Gasteiger partial charge in [-0.2, -0.15) is 0 Å². The van der Waals surface area contributed by atoms with Crippen molar-refractivity contribution in [1.82, 2.24) is 10.2 Å². The highest BCUT2D eigenvalue weighted by atomic mass is 16.6. The zero-order valence-electron chi connectivity index (χ0n) is 17.0. The van der Waals surface area contributed by atoms with Crippen LogP contribution in [-0.4, -0.2) is 40.3 Å². The minimum atomic E-state index is -0.684. The van der Waals surface area contributed by atoms with Crippen LogP contribution in [0.4, 0.5) is 5.69 Å². The summed E-state index contributed by atoms with van der Waals surface area (Å²) in [5.74, 6) is -0.564. The van der Waals surface area contributed by atoms with Crippen molar-refractivity contribution in [3.05, 3.63) is 75.8 Å². The number of nitro benzene ring substituents is 1. The van der Waals surface area contributed by atoms with Crippen LogP contribution >= 0.6 is 0 Å². The highest BCUT2D eigenvalue weighted by Gasteiger charge is 2.27. The van der Waals surface area contributed by atoms with Crippen molar-refractivity contribution < 1.29 is 14.5 Å². The summed E-state index contributed by atoms with van der Waals surface area (Å²) in [6, 6.07) is 15.1. The van der Waals surface area contributed by atoms with Gasteiger partial charge in [0.1, 0.15) is 6.04 Å². The lowest BCUT2D eigenvalue weighted by Gasteiger charge is -2.29. The van der Waals surface area contributed by atoms with Crippen molar-refractivity contribution in [2.45, 2.75) is 45.7 Å². The molecule has 0 spiro atoms. The standard InChI is InChI=1S/C22H27N3O4/c1-16(2)23-22(27)17(3)24(14-13-18-9-5-4-6-10-18)21(26)15-19-11-7-8-12-20(19)25(28)29/h4-12,16-17H,13-15H2,1-3H3,(H,23,27)/t17-/m0/s1. The molecule has 2 aromatic carbocycles. The van der Waals surface area contributed by atoms with Crippen LogP contribution < -0.4 is 5.32 Å². The van der Waals surface area contributed by atoms with Gasteiger partial charge in [0.15, 0.2) is 0 Å². The van der Waals surface area contributed by atoms with Crippen molar-refractivity contribution >= 4 is 17.5 Å². The van der Waals surface area contributed by atoms with Crippen molar-refractivity contribution in [2.24, 2.45) is 0 Å². The van der Waals surface area contributed by atoms with Crippen molar-refractivity contribution in [3.63, 3.8) is 0 Å². The van der Waals surface area contributed by atoms with Gasteiger partial charge in [-0.15, -0.1) is 0 Å². The Hall–Kier alpha value is -3.22. The Morgan fingerprint density at radius 2 is 1.66 bits per heavy atom. The van der Waals surface area contributed by atoms with Gasteiger partial charge in [0, 0.05) is 24.2 Å². The quantitative estimate of drug-likeness (QED) is 0.520. The third-order valence-electron chi connectivity index (χ3n) is 4.61. The van der Waals surface area contributed by atoms with Gasteiger partial charge in [-0.1, -0.05) is 48.5 Å². The average molecular weight is 397 g/mol. The molecule has 0 aliphatic heterocycles. The molecular weight excluding hydrogens is 370 g/mol. The normalized spacial score (nSPS) is 11.7. The van der Waals surface area contributed by atoms with Crippen molar-refractivity contribution in [1.29, 1.82) is 0 Å². The second-order valence-corrected chi connectivity index (χ2v) is 7.22. The lowest BCUT2D eigenvalue weighted by atomic mass is 10.1. The summed E-state index contributed by atoms with van der Waals surface area (Å²) in [6.45, 7) is 5.73. The fourth-order valence-electron chi connectivity index (χ4n) is 3.08. The Labute approximate surface area is 170 Å². The molecule has 0 fully saturated rings. The Morgan fingerprint density at radius 1 is 1.03 bits per heavy atom. The molecule has 2 amide bonds. The number of nitrogens with one attached hydrogen (secondary N) is 1. The smallest absolute Gasteiger partial charge is 0.273 e. The molecular formula is C22H27N3O4. The number of para-hydroxylation sites is 1. The maximum atomic E-state index is 13.1. The highest BCUT2D eigenvalue weighted by Crippen LogP contribution is 2.19. The van der Waals surface area contributed by atoms with E-state index < -0.39 is 11.0 Å². The van der Waals surface area contributed by atoms with Crippen LogP contribution in [0.25, 0.3) is 0 Å². The van der Waals surface area contributed by atoms with E-state index >= 15 is 0 Å². The van der Waals surface area contributed by atoms with Gasteiger partial charge in [-0.3, -0.25) is 19.7 Å². The molecule has 0 bridgehead atoms. The first kappa shape index (κ1) is 22.1.